The van der Waals surface area contributed by atoms with E-state index in [4.69, 9.17) is 17.3 Å². The van der Waals surface area contributed by atoms with Gasteiger partial charge in [0, 0.05) is 37.7 Å². The summed E-state index contributed by atoms with van der Waals surface area (Å²) in [5, 5.41) is 0.350. The summed E-state index contributed by atoms with van der Waals surface area (Å²) >= 11 is 5.63. The molecule has 0 saturated heterocycles. The van der Waals surface area contributed by atoms with E-state index in [1.165, 1.54) is 4.90 Å². The highest BCUT2D eigenvalue weighted by atomic mass is 35.5. The molecule has 2 rings (SSSR count). The predicted molar refractivity (Wildman–Crippen MR) is 90.2 cm³/mol. The first-order chi connectivity index (χ1) is 9.81. The molecule has 2 unspecified atom stereocenters. The van der Waals surface area contributed by atoms with Crippen LogP contribution in [0, 0.1) is 0 Å². The molecule has 5 nitrogen and oxygen atoms in total. The van der Waals surface area contributed by atoms with Crippen LogP contribution in [0.15, 0.2) is 11.1 Å². The zero-order chi connectivity index (χ0) is 16.0. The van der Waals surface area contributed by atoms with E-state index in [9.17, 15) is 4.79 Å². The zero-order valence-corrected chi connectivity index (χ0v) is 14.4. The van der Waals surface area contributed by atoms with Crippen molar-refractivity contribution in [3.8, 4) is 0 Å². The summed E-state index contributed by atoms with van der Waals surface area (Å²) in [6.07, 6.45) is 4.14. The van der Waals surface area contributed by atoms with Gasteiger partial charge in [-0.3, -0.25) is 4.79 Å². The standard InChI is InChI=1S/C7H7ClN2S.C7H16N2O/c1-11-3-2-5-6(11)4-9-7(8)10-5;1-6(8)4-5-7(10)9(2)3/h4H,1-3H2;6H,4-5,8H2,1-3H3. The number of amides is 1. The Morgan fingerprint density at radius 3 is 2.86 bits per heavy atom. The van der Waals surface area contributed by atoms with Crippen molar-refractivity contribution in [2.45, 2.75) is 37.1 Å². The highest BCUT2D eigenvalue weighted by molar-refractivity contribution is 8.14. The molecule has 0 aliphatic carbocycles. The van der Waals surface area contributed by atoms with Gasteiger partial charge in [-0.05, 0) is 37.1 Å². The minimum atomic E-state index is 0.110. The van der Waals surface area contributed by atoms with Crippen molar-refractivity contribution >= 4 is 33.9 Å². The SMILES string of the molecule is C=S1CCc2nc(Cl)ncc21.CC(N)CCC(=O)N(C)C. The van der Waals surface area contributed by atoms with E-state index in [0.717, 1.165) is 24.3 Å². The second-order valence-corrected chi connectivity index (χ2v) is 7.37. The lowest BCUT2D eigenvalue weighted by molar-refractivity contribution is -0.128. The van der Waals surface area contributed by atoms with E-state index in [-0.39, 0.29) is 22.4 Å². The molecule has 0 bridgehead atoms. The molecule has 2 heterocycles. The molecule has 2 N–H and O–H groups in total. The van der Waals surface area contributed by atoms with Crippen LogP contribution in [0.5, 0.6) is 0 Å². The van der Waals surface area contributed by atoms with Gasteiger partial charge < -0.3 is 10.6 Å². The summed E-state index contributed by atoms with van der Waals surface area (Å²) in [6.45, 7) is 1.91. The maximum Gasteiger partial charge on any atom is 0.222 e. The Balaban J connectivity index is 0.000000212. The Kier molecular flexibility index (Phi) is 7.28. The first-order valence-corrected chi connectivity index (χ1v) is 8.73. The largest absolute Gasteiger partial charge is 0.349 e. The highest BCUT2D eigenvalue weighted by Crippen LogP contribution is 2.34. The fourth-order valence-electron chi connectivity index (χ4n) is 1.71. The molecule has 7 heteroatoms. The molecule has 1 aromatic rings. The van der Waals surface area contributed by atoms with Gasteiger partial charge in [-0.2, -0.15) is 10.5 Å². The van der Waals surface area contributed by atoms with Crippen molar-refractivity contribution in [3.05, 3.63) is 17.2 Å². The molecule has 0 fully saturated rings. The number of rotatable bonds is 3. The first kappa shape index (κ1) is 18.1. The van der Waals surface area contributed by atoms with Crippen molar-refractivity contribution in [1.29, 1.82) is 0 Å². The molecule has 1 aliphatic rings. The lowest BCUT2D eigenvalue weighted by atomic mass is 10.2. The topological polar surface area (TPSA) is 72.1 Å². The Labute approximate surface area is 133 Å². The summed E-state index contributed by atoms with van der Waals surface area (Å²) in [4.78, 5) is 21.7. The van der Waals surface area contributed by atoms with E-state index < -0.39 is 0 Å². The quantitative estimate of drug-likeness (QED) is 0.679. The number of carbonyl (C=O) groups is 1. The highest BCUT2D eigenvalue weighted by Gasteiger charge is 2.15. The zero-order valence-electron chi connectivity index (χ0n) is 12.8. The van der Waals surface area contributed by atoms with E-state index in [1.807, 2.05) is 6.92 Å². The van der Waals surface area contributed by atoms with E-state index in [1.54, 1.807) is 25.2 Å². The van der Waals surface area contributed by atoms with Crippen LogP contribution in [-0.2, 0) is 11.2 Å². The molecule has 118 valence electrons. The summed E-state index contributed by atoms with van der Waals surface area (Å²) < 4.78 is 0. The number of hydrogen-bond acceptors (Lipinski definition) is 4. The number of nitrogens with zero attached hydrogens (tertiary/aromatic N) is 3. The molecule has 0 aromatic carbocycles. The minimum Gasteiger partial charge on any atom is -0.349 e. The normalized spacial score (nSPS) is 17.5. The smallest absolute Gasteiger partial charge is 0.222 e. The summed E-state index contributed by atoms with van der Waals surface area (Å²) in [5.41, 5.74) is 6.56. The molecular formula is C14H23ClN4OS. The molecule has 1 aliphatic heterocycles. The van der Waals surface area contributed by atoms with Crippen LogP contribution >= 0.6 is 22.1 Å². The van der Waals surface area contributed by atoms with Crippen molar-refractivity contribution in [2.24, 2.45) is 5.73 Å². The second kappa shape index (κ2) is 8.46. The third-order valence-corrected chi connectivity index (χ3v) is 4.85. The van der Waals surface area contributed by atoms with Gasteiger partial charge in [-0.1, -0.05) is 5.87 Å². The van der Waals surface area contributed by atoms with Crippen LogP contribution < -0.4 is 5.73 Å². The third-order valence-electron chi connectivity index (χ3n) is 3.01. The van der Waals surface area contributed by atoms with Gasteiger partial charge >= 0.3 is 0 Å². The fourth-order valence-corrected chi connectivity index (χ4v) is 3.20. The van der Waals surface area contributed by atoms with E-state index in [0.29, 0.717) is 11.7 Å². The number of aryl methyl sites for hydroxylation is 1. The van der Waals surface area contributed by atoms with Crippen LogP contribution in [0.4, 0.5) is 0 Å². The number of fused-ring (bicyclic) bond motifs is 1. The Bertz CT molecular complexity index is 520. The van der Waals surface area contributed by atoms with Crippen molar-refractivity contribution in [1.82, 2.24) is 14.9 Å². The average molecular weight is 331 g/mol. The molecule has 2 atom stereocenters. The number of halogens is 1. The van der Waals surface area contributed by atoms with Gasteiger partial charge in [-0.25, -0.2) is 9.97 Å². The summed E-state index contributed by atoms with van der Waals surface area (Å²) in [7, 11) is 3.62. The second-order valence-electron chi connectivity index (χ2n) is 5.20. The van der Waals surface area contributed by atoms with Crippen LogP contribution in [0.3, 0.4) is 0 Å². The molecule has 0 spiro atoms. The molecule has 0 saturated carbocycles. The fraction of sp³-hybridized carbons (Fsp3) is 0.571. The minimum absolute atomic E-state index is 0.110. The first-order valence-electron chi connectivity index (χ1n) is 6.79. The van der Waals surface area contributed by atoms with Gasteiger partial charge in [0.15, 0.2) is 0 Å². The lowest BCUT2D eigenvalue weighted by Gasteiger charge is -2.10. The average Bonchev–Trinajstić information content (AvgIpc) is 2.77. The number of nitrogens with two attached hydrogens (primary N) is 1. The number of aromatic nitrogens is 2. The molecule has 1 aromatic heterocycles. The van der Waals surface area contributed by atoms with Crippen LogP contribution in [0.25, 0.3) is 0 Å². The molecular weight excluding hydrogens is 308 g/mol. The van der Waals surface area contributed by atoms with Crippen molar-refractivity contribution < 1.29 is 4.79 Å². The lowest BCUT2D eigenvalue weighted by Crippen LogP contribution is -2.24. The Morgan fingerprint density at radius 1 is 1.62 bits per heavy atom. The molecule has 0 radical (unpaired) electrons. The third kappa shape index (κ3) is 6.11. The van der Waals surface area contributed by atoms with Crippen molar-refractivity contribution in [2.75, 3.05) is 19.8 Å². The Morgan fingerprint density at radius 2 is 2.29 bits per heavy atom. The van der Waals surface area contributed by atoms with Gasteiger partial charge in [0.25, 0.3) is 0 Å². The maximum absolute atomic E-state index is 10.9. The number of hydrogen-bond donors (Lipinski definition) is 1. The predicted octanol–water partition coefficient (Wildman–Crippen LogP) is 1.95. The number of carbonyl (C=O) groups excluding carboxylic acids is 1. The van der Waals surface area contributed by atoms with Gasteiger partial charge in [-0.15, -0.1) is 0 Å². The van der Waals surface area contributed by atoms with Crippen LogP contribution in [-0.4, -0.2) is 52.5 Å². The Hall–Kier alpha value is -0.980. The summed E-state index contributed by atoms with van der Waals surface area (Å²) in [5.74, 6) is 5.27. The van der Waals surface area contributed by atoms with Crippen molar-refractivity contribution in [3.63, 3.8) is 0 Å². The van der Waals surface area contributed by atoms with Gasteiger partial charge in [0.05, 0.1) is 5.69 Å². The van der Waals surface area contributed by atoms with Crippen LogP contribution in [0.2, 0.25) is 5.28 Å². The molecule has 1 amide bonds. The van der Waals surface area contributed by atoms with E-state index >= 15 is 0 Å². The van der Waals surface area contributed by atoms with Gasteiger partial charge in [0.2, 0.25) is 11.2 Å². The molecule has 21 heavy (non-hydrogen) atoms. The monoisotopic (exact) mass is 330 g/mol. The van der Waals surface area contributed by atoms with Crippen LogP contribution in [0.1, 0.15) is 25.5 Å². The van der Waals surface area contributed by atoms with E-state index in [2.05, 4.69) is 15.8 Å². The maximum atomic E-state index is 10.9. The van der Waals surface area contributed by atoms with Gasteiger partial charge in [0.1, 0.15) is 0 Å². The summed E-state index contributed by atoms with van der Waals surface area (Å²) in [6, 6.07) is 0.129.